The van der Waals surface area contributed by atoms with E-state index in [2.05, 4.69) is 25.8 Å². The van der Waals surface area contributed by atoms with Crippen molar-refractivity contribution in [3.05, 3.63) is 29.9 Å². The number of nitrogens with one attached hydrogen (secondary N) is 2. The third-order valence-electron chi connectivity index (χ3n) is 3.66. The van der Waals surface area contributed by atoms with Gasteiger partial charge in [0.1, 0.15) is 0 Å². The highest BCUT2D eigenvalue weighted by molar-refractivity contribution is 5.93. The molecule has 1 aliphatic heterocycles. The summed E-state index contributed by atoms with van der Waals surface area (Å²) in [5.41, 5.74) is 0.893. The van der Waals surface area contributed by atoms with Gasteiger partial charge in [0.15, 0.2) is 23.3 Å². The maximum Gasteiger partial charge on any atom is 0.226 e. The minimum Gasteiger partial charge on any atom is -0.490 e. The first-order valence-electron chi connectivity index (χ1n) is 8.41. The first-order chi connectivity index (χ1) is 12.2. The van der Waals surface area contributed by atoms with Crippen molar-refractivity contribution in [2.75, 3.05) is 32.1 Å². The van der Waals surface area contributed by atoms with E-state index in [0.29, 0.717) is 30.9 Å². The number of aryl methyl sites for hydroxylation is 2. The van der Waals surface area contributed by atoms with Gasteiger partial charge in [-0.2, -0.15) is 4.98 Å². The van der Waals surface area contributed by atoms with Gasteiger partial charge in [-0.3, -0.25) is 4.99 Å². The molecular weight excluding hydrogens is 322 g/mol. The molecule has 2 aromatic rings. The van der Waals surface area contributed by atoms with E-state index in [1.807, 2.05) is 25.1 Å². The summed E-state index contributed by atoms with van der Waals surface area (Å²) >= 11 is 0. The van der Waals surface area contributed by atoms with Gasteiger partial charge < -0.3 is 24.6 Å². The Morgan fingerprint density at radius 3 is 2.84 bits per heavy atom. The summed E-state index contributed by atoms with van der Waals surface area (Å²) in [6.45, 7) is 3.90. The third kappa shape index (κ3) is 4.85. The number of benzene rings is 1. The van der Waals surface area contributed by atoms with Crippen LogP contribution in [0.2, 0.25) is 0 Å². The summed E-state index contributed by atoms with van der Waals surface area (Å²) in [6.07, 6.45) is 2.48. The third-order valence-corrected chi connectivity index (χ3v) is 3.66. The van der Waals surface area contributed by atoms with Gasteiger partial charge in [-0.05, 0) is 25.5 Å². The fourth-order valence-corrected chi connectivity index (χ4v) is 2.44. The van der Waals surface area contributed by atoms with Crippen molar-refractivity contribution in [1.29, 1.82) is 0 Å². The smallest absolute Gasteiger partial charge is 0.226 e. The van der Waals surface area contributed by atoms with Crippen LogP contribution in [0, 0.1) is 6.92 Å². The Morgan fingerprint density at radius 2 is 2.08 bits per heavy atom. The molecule has 134 valence electrons. The molecule has 0 bridgehead atoms. The van der Waals surface area contributed by atoms with Gasteiger partial charge >= 0.3 is 0 Å². The number of ether oxygens (including phenoxy) is 2. The lowest BCUT2D eigenvalue weighted by atomic mass is 10.2. The largest absolute Gasteiger partial charge is 0.490 e. The van der Waals surface area contributed by atoms with Crippen LogP contribution in [0.1, 0.15) is 24.6 Å². The van der Waals surface area contributed by atoms with Crippen molar-refractivity contribution in [3.8, 4) is 11.5 Å². The van der Waals surface area contributed by atoms with E-state index in [0.717, 1.165) is 43.0 Å². The number of guanidine groups is 1. The van der Waals surface area contributed by atoms with Gasteiger partial charge in [-0.15, -0.1) is 0 Å². The second-order valence-electron chi connectivity index (χ2n) is 5.67. The number of hydrogen-bond donors (Lipinski definition) is 2. The summed E-state index contributed by atoms with van der Waals surface area (Å²) < 4.78 is 16.4. The van der Waals surface area contributed by atoms with Crippen LogP contribution >= 0.6 is 0 Å². The van der Waals surface area contributed by atoms with E-state index < -0.39 is 0 Å². The second-order valence-corrected chi connectivity index (χ2v) is 5.67. The van der Waals surface area contributed by atoms with Crippen LogP contribution in [0.5, 0.6) is 11.5 Å². The number of hydrogen-bond acceptors (Lipinski definition) is 6. The zero-order chi connectivity index (χ0) is 17.5. The highest BCUT2D eigenvalue weighted by Crippen LogP contribution is 2.32. The lowest BCUT2D eigenvalue weighted by molar-refractivity contribution is 0.297. The lowest BCUT2D eigenvalue weighted by Crippen LogP contribution is -2.31. The van der Waals surface area contributed by atoms with E-state index >= 15 is 0 Å². The Morgan fingerprint density at radius 1 is 1.24 bits per heavy atom. The average Bonchev–Trinajstić information content (AvgIpc) is 2.89. The van der Waals surface area contributed by atoms with Gasteiger partial charge in [0.05, 0.1) is 13.2 Å². The fourth-order valence-electron chi connectivity index (χ4n) is 2.44. The van der Waals surface area contributed by atoms with E-state index in [4.69, 9.17) is 14.0 Å². The SMILES string of the molecule is CN=C(NCCCc1nc(C)no1)Nc1ccc2c(c1)OCCCO2. The maximum absolute atomic E-state index is 5.71. The van der Waals surface area contributed by atoms with Crippen molar-refractivity contribution >= 4 is 11.6 Å². The molecule has 2 N–H and O–H groups in total. The minimum atomic E-state index is 0.658. The molecule has 0 radical (unpaired) electrons. The topological polar surface area (TPSA) is 93.8 Å². The summed E-state index contributed by atoms with van der Waals surface area (Å²) in [6, 6.07) is 5.78. The normalized spacial score (nSPS) is 14.1. The average molecular weight is 345 g/mol. The number of fused-ring (bicyclic) bond motifs is 1. The Balaban J connectivity index is 1.49. The Kier molecular flexibility index (Phi) is 5.71. The number of aliphatic imine (C=N–C) groups is 1. The molecule has 0 fully saturated rings. The lowest BCUT2D eigenvalue weighted by Gasteiger charge is -2.13. The molecule has 1 aromatic heterocycles. The number of nitrogens with zero attached hydrogens (tertiary/aromatic N) is 3. The highest BCUT2D eigenvalue weighted by atomic mass is 16.5. The minimum absolute atomic E-state index is 0.658. The van der Waals surface area contributed by atoms with E-state index in [9.17, 15) is 0 Å². The zero-order valence-corrected chi connectivity index (χ0v) is 14.5. The monoisotopic (exact) mass is 345 g/mol. The van der Waals surface area contributed by atoms with E-state index in [1.54, 1.807) is 7.05 Å². The predicted octanol–water partition coefficient (Wildman–Crippen LogP) is 2.16. The molecule has 0 unspecified atom stereocenters. The number of anilines is 1. The Labute approximate surface area is 146 Å². The van der Waals surface area contributed by atoms with Gasteiger partial charge in [-0.1, -0.05) is 5.16 Å². The van der Waals surface area contributed by atoms with E-state index in [-0.39, 0.29) is 0 Å². The molecule has 3 rings (SSSR count). The molecule has 2 heterocycles. The van der Waals surface area contributed by atoms with Crippen LogP contribution in [-0.4, -0.2) is 42.9 Å². The molecule has 8 nitrogen and oxygen atoms in total. The van der Waals surface area contributed by atoms with Gasteiger partial charge in [0.2, 0.25) is 5.89 Å². The van der Waals surface area contributed by atoms with Gasteiger partial charge in [0.25, 0.3) is 0 Å². The van der Waals surface area contributed by atoms with Gasteiger partial charge in [0, 0.05) is 38.2 Å². The molecular formula is C17H23N5O3. The molecule has 0 spiro atoms. The quantitative estimate of drug-likeness (QED) is 0.487. The van der Waals surface area contributed by atoms with E-state index in [1.165, 1.54) is 0 Å². The van der Waals surface area contributed by atoms with Crippen molar-refractivity contribution in [2.24, 2.45) is 4.99 Å². The zero-order valence-electron chi connectivity index (χ0n) is 14.5. The maximum atomic E-state index is 5.71. The molecule has 1 aromatic carbocycles. The molecule has 0 saturated carbocycles. The summed E-state index contributed by atoms with van der Waals surface area (Å²) in [5, 5.41) is 10.3. The molecule has 0 amide bonds. The number of rotatable bonds is 5. The Hall–Kier alpha value is -2.77. The first kappa shape index (κ1) is 17.1. The summed E-state index contributed by atoms with van der Waals surface area (Å²) in [4.78, 5) is 8.42. The first-order valence-corrected chi connectivity index (χ1v) is 8.41. The molecule has 0 atom stereocenters. The van der Waals surface area contributed by atoms with Crippen molar-refractivity contribution in [1.82, 2.24) is 15.5 Å². The van der Waals surface area contributed by atoms with Crippen LogP contribution in [0.3, 0.4) is 0 Å². The summed E-state index contributed by atoms with van der Waals surface area (Å²) in [7, 11) is 1.74. The standard InChI is InChI=1S/C17H23N5O3/c1-12-20-16(25-22-12)5-3-8-19-17(18-2)21-13-6-7-14-15(11-13)24-10-4-9-23-14/h6-7,11H,3-5,8-10H2,1-2H3,(H2,18,19,21). The Bertz CT molecular complexity index is 729. The van der Waals surface area contributed by atoms with Crippen LogP contribution in [-0.2, 0) is 6.42 Å². The molecule has 1 aliphatic rings. The second kappa shape index (κ2) is 8.36. The highest BCUT2D eigenvalue weighted by Gasteiger charge is 2.11. The van der Waals surface area contributed by atoms with Crippen LogP contribution in [0.4, 0.5) is 5.69 Å². The fraction of sp³-hybridized carbons (Fsp3) is 0.471. The predicted molar refractivity (Wildman–Crippen MR) is 94.4 cm³/mol. The van der Waals surface area contributed by atoms with Crippen molar-refractivity contribution in [2.45, 2.75) is 26.2 Å². The summed E-state index contributed by atoms with van der Waals surface area (Å²) in [5.74, 6) is 3.54. The van der Waals surface area contributed by atoms with Crippen molar-refractivity contribution < 1.29 is 14.0 Å². The molecule has 25 heavy (non-hydrogen) atoms. The molecule has 8 heteroatoms. The molecule has 0 saturated heterocycles. The van der Waals surface area contributed by atoms with Gasteiger partial charge in [-0.25, -0.2) is 0 Å². The number of aromatic nitrogens is 2. The van der Waals surface area contributed by atoms with Crippen LogP contribution in [0.25, 0.3) is 0 Å². The van der Waals surface area contributed by atoms with Crippen molar-refractivity contribution in [3.63, 3.8) is 0 Å². The van der Waals surface area contributed by atoms with Crippen LogP contribution < -0.4 is 20.1 Å². The van der Waals surface area contributed by atoms with Crippen LogP contribution in [0.15, 0.2) is 27.7 Å². The molecule has 0 aliphatic carbocycles.